The van der Waals surface area contributed by atoms with Crippen LogP contribution in [0.15, 0.2) is 39.6 Å². The van der Waals surface area contributed by atoms with Crippen LogP contribution < -0.4 is 5.56 Å². The van der Waals surface area contributed by atoms with Crippen LogP contribution in [0, 0.1) is 0 Å². The Morgan fingerprint density at radius 3 is 2.82 bits per heavy atom. The molecule has 0 atom stereocenters. The van der Waals surface area contributed by atoms with Gasteiger partial charge in [-0.3, -0.25) is 4.79 Å². The minimum absolute atomic E-state index is 0.229. The summed E-state index contributed by atoms with van der Waals surface area (Å²) in [5.41, 5.74) is 2.16. The first-order chi connectivity index (χ1) is 8.22. The number of benzene rings is 1. The van der Waals surface area contributed by atoms with Gasteiger partial charge < -0.3 is 4.98 Å². The minimum atomic E-state index is -0.229. The van der Waals surface area contributed by atoms with Gasteiger partial charge in [-0.1, -0.05) is 15.9 Å². The van der Waals surface area contributed by atoms with Gasteiger partial charge in [-0.05, 0) is 24.3 Å². The highest BCUT2D eigenvalue weighted by molar-refractivity contribution is 9.10. The van der Waals surface area contributed by atoms with Crippen LogP contribution in [0.2, 0.25) is 0 Å². The van der Waals surface area contributed by atoms with Crippen LogP contribution in [0.1, 0.15) is 0 Å². The average molecular weight is 291 g/mol. The number of nitrogens with zero attached hydrogens (tertiary/aromatic N) is 2. The standard InChI is InChI=1S/C11H7BrN4O/c12-6-1-2-7-9(5-6)14-11(13-7)8-3-4-10(17)16-15-8/h1-5H,(H,13,14)(H,16,17). The smallest absolute Gasteiger partial charge is 0.264 e. The highest BCUT2D eigenvalue weighted by Gasteiger charge is 2.06. The molecule has 0 saturated heterocycles. The molecule has 84 valence electrons. The first-order valence-electron chi connectivity index (χ1n) is 4.94. The van der Waals surface area contributed by atoms with Crippen molar-refractivity contribution in [1.82, 2.24) is 20.2 Å². The molecule has 0 unspecified atom stereocenters. The van der Waals surface area contributed by atoms with Gasteiger partial charge >= 0.3 is 0 Å². The zero-order valence-electron chi connectivity index (χ0n) is 8.57. The topological polar surface area (TPSA) is 74.4 Å². The molecule has 0 aliphatic heterocycles. The van der Waals surface area contributed by atoms with Gasteiger partial charge in [0.05, 0.1) is 11.0 Å². The second-order valence-electron chi connectivity index (χ2n) is 3.55. The maximum atomic E-state index is 10.9. The third kappa shape index (κ3) is 1.87. The summed E-state index contributed by atoms with van der Waals surface area (Å²) in [5, 5.41) is 6.30. The third-order valence-electron chi connectivity index (χ3n) is 2.37. The molecule has 6 heteroatoms. The number of fused-ring (bicyclic) bond motifs is 1. The van der Waals surface area contributed by atoms with Crippen molar-refractivity contribution in [2.45, 2.75) is 0 Å². The minimum Gasteiger partial charge on any atom is -0.337 e. The SMILES string of the molecule is O=c1ccc(-c2nc3ccc(Br)cc3[nH]2)n[nH]1. The van der Waals surface area contributed by atoms with E-state index in [1.54, 1.807) is 6.07 Å². The summed E-state index contributed by atoms with van der Waals surface area (Å²) in [6.45, 7) is 0. The lowest BCUT2D eigenvalue weighted by Crippen LogP contribution is -2.05. The van der Waals surface area contributed by atoms with Crippen LogP contribution >= 0.6 is 15.9 Å². The summed E-state index contributed by atoms with van der Waals surface area (Å²) in [4.78, 5) is 18.5. The van der Waals surface area contributed by atoms with Crippen molar-refractivity contribution in [2.24, 2.45) is 0 Å². The van der Waals surface area contributed by atoms with E-state index in [4.69, 9.17) is 0 Å². The lowest BCUT2D eigenvalue weighted by atomic mass is 10.3. The Balaban J connectivity index is 2.17. The van der Waals surface area contributed by atoms with Crippen molar-refractivity contribution in [3.8, 4) is 11.5 Å². The first kappa shape index (κ1) is 10.2. The summed E-state index contributed by atoms with van der Waals surface area (Å²) < 4.78 is 0.981. The first-order valence-corrected chi connectivity index (χ1v) is 5.73. The molecule has 17 heavy (non-hydrogen) atoms. The van der Waals surface area contributed by atoms with E-state index in [9.17, 15) is 4.79 Å². The van der Waals surface area contributed by atoms with E-state index >= 15 is 0 Å². The van der Waals surface area contributed by atoms with Gasteiger partial charge in [0.15, 0.2) is 5.82 Å². The zero-order chi connectivity index (χ0) is 11.8. The van der Waals surface area contributed by atoms with Crippen LogP contribution in [0.4, 0.5) is 0 Å². The molecule has 3 rings (SSSR count). The summed E-state index contributed by atoms with van der Waals surface area (Å²) in [7, 11) is 0. The molecule has 0 amide bonds. The van der Waals surface area contributed by atoms with Crippen molar-refractivity contribution in [1.29, 1.82) is 0 Å². The normalized spacial score (nSPS) is 10.9. The number of nitrogens with one attached hydrogen (secondary N) is 2. The molecule has 2 aromatic heterocycles. The fraction of sp³-hybridized carbons (Fsp3) is 0. The van der Waals surface area contributed by atoms with Crippen LogP contribution in [0.25, 0.3) is 22.6 Å². The van der Waals surface area contributed by atoms with E-state index in [2.05, 4.69) is 36.1 Å². The van der Waals surface area contributed by atoms with Crippen LogP contribution in [-0.4, -0.2) is 20.2 Å². The molecule has 2 N–H and O–H groups in total. The Kier molecular flexibility index (Phi) is 2.29. The Bertz CT molecular complexity index is 726. The molecular formula is C11H7BrN4O. The predicted octanol–water partition coefficient (Wildman–Crippen LogP) is 2.08. The maximum Gasteiger partial charge on any atom is 0.264 e. The van der Waals surface area contributed by atoms with E-state index in [0.29, 0.717) is 11.5 Å². The molecule has 0 aliphatic rings. The van der Waals surface area contributed by atoms with Gasteiger partial charge in [0.1, 0.15) is 5.69 Å². The molecule has 0 spiro atoms. The number of H-pyrrole nitrogens is 2. The Morgan fingerprint density at radius 1 is 1.18 bits per heavy atom. The van der Waals surface area contributed by atoms with Crippen molar-refractivity contribution in [2.75, 3.05) is 0 Å². The number of aromatic amines is 2. The van der Waals surface area contributed by atoms with Gasteiger partial charge in [0.2, 0.25) is 0 Å². The molecule has 0 fully saturated rings. The quantitative estimate of drug-likeness (QED) is 0.720. The molecule has 3 aromatic rings. The highest BCUT2D eigenvalue weighted by Crippen LogP contribution is 2.21. The molecule has 5 nitrogen and oxygen atoms in total. The summed E-state index contributed by atoms with van der Waals surface area (Å²) >= 11 is 3.40. The lowest BCUT2D eigenvalue weighted by Gasteiger charge is -1.92. The third-order valence-corrected chi connectivity index (χ3v) is 2.86. The van der Waals surface area contributed by atoms with E-state index < -0.39 is 0 Å². The Hall–Kier alpha value is -1.95. The molecule has 0 radical (unpaired) electrons. The molecule has 1 aromatic carbocycles. The fourth-order valence-corrected chi connectivity index (χ4v) is 1.94. The molecule has 2 heterocycles. The Labute approximate surface area is 104 Å². The fourth-order valence-electron chi connectivity index (χ4n) is 1.58. The second-order valence-corrected chi connectivity index (χ2v) is 4.47. The van der Waals surface area contributed by atoms with Crippen molar-refractivity contribution >= 4 is 27.0 Å². The molecule has 0 saturated carbocycles. The number of halogens is 1. The van der Waals surface area contributed by atoms with Crippen molar-refractivity contribution in [3.05, 3.63) is 45.2 Å². The summed E-state index contributed by atoms with van der Waals surface area (Å²) in [6.07, 6.45) is 0. The zero-order valence-corrected chi connectivity index (χ0v) is 10.2. The second kappa shape index (κ2) is 3.81. The van der Waals surface area contributed by atoms with E-state index in [1.165, 1.54) is 6.07 Å². The largest absolute Gasteiger partial charge is 0.337 e. The van der Waals surface area contributed by atoms with Crippen LogP contribution in [-0.2, 0) is 0 Å². The number of rotatable bonds is 1. The summed E-state index contributed by atoms with van der Waals surface area (Å²) in [6, 6.07) is 8.83. The average Bonchev–Trinajstić information content (AvgIpc) is 2.72. The predicted molar refractivity (Wildman–Crippen MR) is 67.6 cm³/mol. The Morgan fingerprint density at radius 2 is 2.06 bits per heavy atom. The summed E-state index contributed by atoms with van der Waals surface area (Å²) in [5.74, 6) is 0.634. The number of hydrogen-bond donors (Lipinski definition) is 2. The molecular weight excluding hydrogens is 284 g/mol. The monoisotopic (exact) mass is 290 g/mol. The van der Waals surface area contributed by atoms with Crippen LogP contribution in [0.5, 0.6) is 0 Å². The van der Waals surface area contributed by atoms with Crippen molar-refractivity contribution < 1.29 is 0 Å². The van der Waals surface area contributed by atoms with E-state index in [1.807, 2.05) is 18.2 Å². The maximum absolute atomic E-state index is 10.9. The van der Waals surface area contributed by atoms with Gasteiger partial charge in [-0.2, -0.15) is 5.10 Å². The molecule has 0 aliphatic carbocycles. The lowest BCUT2D eigenvalue weighted by molar-refractivity contribution is 0.985. The van der Waals surface area contributed by atoms with Crippen molar-refractivity contribution in [3.63, 3.8) is 0 Å². The van der Waals surface area contributed by atoms with Gasteiger partial charge in [0, 0.05) is 10.5 Å². The van der Waals surface area contributed by atoms with Crippen LogP contribution in [0.3, 0.4) is 0 Å². The van der Waals surface area contributed by atoms with Gasteiger partial charge in [-0.15, -0.1) is 0 Å². The van der Waals surface area contributed by atoms with Gasteiger partial charge in [0.25, 0.3) is 5.56 Å². The number of hydrogen-bond acceptors (Lipinski definition) is 3. The molecule has 0 bridgehead atoms. The highest BCUT2D eigenvalue weighted by atomic mass is 79.9. The number of imidazole rings is 1. The van der Waals surface area contributed by atoms with E-state index in [-0.39, 0.29) is 5.56 Å². The van der Waals surface area contributed by atoms with E-state index in [0.717, 1.165) is 15.5 Å². The van der Waals surface area contributed by atoms with Gasteiger partial charge in [-0.25, -0.2) is 10.1 Å². The number of aromatic nitrogens is 4.